The maximum atomic E-state index is 14.3. The molecule has 62 heavy (non-hydrogen) atoms. The summed E-state index contributed by atoms with van der Waals surface area (Å²) in [6.07, 6.45) is 1.03. The van der Waals surface area contributed by atoms with Crippen LogP contribution in [-0.4, -0.2) is 67.6 Å². The Kier molecular flexibility index (Phi) is 17.3. The van der Waals surface area contributed by atoms with Gasteiger partial charge in [0.2, 0.25) is 11.8 Å². The number of aryl methyl sites for hydroxylation is 1. The lowest BCUT2D eigenvalue weighted by molar-refractivity contribution is -0.162. The van der Waals surface area contributed by atoms with Gasteiger partial charge in [0.05, 0.1) is 30.7 Å². The number of carbonyl (C=O) groups excluding carboxylic acids is 6. The van der Waals surface area contributed by atoms with Crippen LogP contribution in [0.5, 0.6) is 0 Å². The molecule has 2 N–H and O–H groups in total. The molecule has 0 spiro atoms. The van der Waals surface area contributed by atoms with Crippen LogP contribution in [0.15, 0.2) is 103 Å². The number of rotatable bonds is 18. The van der Waals surface area contributed by atoms with Gasteiger partial charge in [0.25, 0.3) is 0 Å². The molecular formula is C49H61N3O9Si. The molecule has 13 heteroatoms. The van der Waals surface area contributed by atoms with Crippen molar-refractivity contribution in [2.45, 2.75) is 117 Å². The lowest BCUT2D eigenvalue weighted by Crippen LogP contribution is -2.47. The zero-order chi connectivity index (χ0) is 45.6. The van der Waals surface area contributed by atoms with E-state index < -0.39 is 55.5 Å². The van der Waals surface area contributed by atoms with Gasteiger partial charge < -0.3 is 24.8 Å². The van der Waals surface area contributed by atoms with Crippen LogP contribution in [0.3, 0.4) is 0 Å². The standard InChI is InChI=1S/C49H61N3O9Si/c1-10-36-31-35(32-40(51-33(2)53)45(55)50-30-20-19-27-43(54)59-34(3)62(7,8)9)28-29-41(36)52(46(56)48(58)61-49(4,5)6)42-26-18-17-25-39(42)47(57)60-44(37-21-13-11-14-22-37)38-23-15-12-16-24-38/h11-18,21-26,28-29,31,34,40,44H,10,19-20,27,30,32H2,1-9H3,(H,50,55)(H,51,53). The molecule has 0 heterocycles. The average Bonchev–Trinajstić information content (AvgIpc) is 3.22. The van der Waals surface area contributed by atoms with E-state index in [2.05, 4.69) is 30.3 Å². The van der Waals surface area contributed by atoms with E-state index in [9.17, 15) is 28.8 Å². The minimum Gasteiger partial charge on any atom is -0.467 e. The van der Waals surface area contributed by atoms with Crippen LogP contribution in [0.25, 0.3) is 0 Å². The minimum atomic E-state index is -1.62. The largest absolute Gasteiger partial charge is 0.467 e. The number of carbonyl (C=O) groups is 6. The summed E-state index contributed by atoms with van der Waals surface area (Å²) in [6, 6.07) is 29.3. The molecule has 330 valence electrons. The van der Waals surface area contributed by atoms with Crippen LogP contribution in [0.4, 0.5) is 11.4 Å². The van der Waals surface area contributed by atoms with Gasteiger partial charge in [-0.1, -0.05) is 111 Å². The fourth-order valence-electron chi connectivity index (χ4n) is 6.48. The van der Waals surface area contributed by atoms with Crippen molar-refractivity contribution in [1.29, 1.82) is 0 Å². The monoisotopic (exact) mass is 863 g/mol. The summed E-state index contributed by atoms with van der Waals surface area (Å²) in [5.74, 6) is -3.92. The quantitative estimate of drug-likeness (QED) is 0.0330. The number of hydrogen-bond donors (Lipinski definition) is 2. The van der Waals surface area contributed by atoms with E-state index in [1.54, 1.807) is 51.1 Å². The molecule has 0 radical (unpaired) electrons. The Morgan fingerprint density at radius 1 is 0.758 bits per heavy atom. The third kappa shape index (κ3) is 14.3. The van der Waals surface area contributed by atoms with Crippen LogP contribution in [0.2, 0.25) is 19.6 Å². The number of unbranched alkanes of at least 4 members (excludes halogenated alkanes) is 1. The number of nitrogens with zero attached hydrogens (tertiary/aromatic N) is 1. The van der Waals surface area contributed by atoms with Crippen molar-refractivity contribution in [2.75, 3.05) is 11.4 Å². The van der Waals surface area contributed by atoms with Gasteiger partial charge in [-0.2, -0.15) is 0 Å². The lowest BCUT2D eigenvalue weighted by atomic mass is 9.98. The van der Waals surface area contributed by atoms with Gasteiger partial charge in [-0.3, -0.25) is 24.1 Å². The first-order chi connectivity index (χ1) is 29.3. The number of amides is 3. The van der Waals surface area contributed by atoms with E-state index in [-0.39, 0.29) is 35.8 Å². The fraction of sp³-hybridized carbons (Fsp3) is 0.388. The Morgan fingerprint density at radius 3 is 1.92 bits per heavy atom. The van der Waals surface area contributed by atoms with Crippen molar-refractivity contribution in [3.05, 3.63) is 131 Å². The van der Waals surface area contributed by atoms with Crippen LogP contribution in [0, 0.1) is 0 Å². The summed E-state index contributed by atoms with van der Waals surface area (Å²) in [5.41, 5.74) is 2.13. The number of ether oxygens (including phenoxy) is 3. The van der Waals surface area contributed by atoms with Gasteiger partial charge in [-0.15, -0.1) is 0 Å². The summed E-state index contributed by atoms with van der Waals surface area (Å²) in [7, 11) is -1.62. The second-order valence-electron chi connectivity index (χ2n) is 17.3. The van der Waals surface area contributed by atoms with Gasteiger partial charge in [0.1, 0.15) is 11.6 Å². The Morgan fingerprint density at radius 2 is 1.35 bits per heavy atom. The van der Waals surface area contributed by atoms with Crippen LogP contribution in [0.1, 0.15) is 99.5 Å². The van der Waals surface area contributed by atoms with Gasteiger partial charge >= 0.3 is 23.8 Å². The summed E-state index contributed by atoms with van der Waals surface area (Å²) < 4.78 is 17.4. The molecule has 0 aromatic heterocycles. The van der Waals surface area contributed by atoms with Gasteiger partial charge in [-0.05, 0) is 87.4 Å². The van der Waals surface area contributed by atoms with Crippen LogP contribution < -0.4 is 15.5 Å². The fourth-order valence-corrected chi connectivity index (χ4v) is 6.96. The Labute approximate surface area is 366 Å². The third-order valence-electron chi connectivity index (χ3n) is 10.1. The molecule has 3 amide bonds. The molecule has 0 fully saturated rings. The second kappa shape index (κ2) is 22.1. The Balaban J connectivity index is 1.63. The number of para-hydroxylation sites is 1. The molecular weight excluding hydrogens is 803 g/mol. The van der Waals surface area contributed by atoms with Crippen LogP contribution in [-0.2, 0) is 51.0 Å². The zero-order valence-electron chi connectivity index (χ0n) is 37.4. The molecule has 0 bridgehead atoms. The maximum Gasteiger partial charge on any atom is 0.398 e. The molecule has 0 saturated carbocycles. The van der Waals surface area contributed by atoms with Crippen molar-refractivity contribution < 1.29 is 43.0 Å². The van der Waals surface area contributed by atoms with E-state index in [1.165, 1.54) is 17.9 Å². The maximum absolute atomic E-state index is 14.3. The predicted octanol–water partition coefficient (Wildman–Crippen LogP) is 8.34. The first kappa shape index (κ1) is 48.6. The smallest absolute Gasteiger partial charge is 0.398 e. The molecule has 0 aliphatic rings. The number of benzene rings is 4. The Hall–Kier alpha value is -6.08. The van der Waals surface area contributed by atoms with Crippen molar-refractivity contribution in [2.24, 2.45) is 0 Å². The summed E-state index contributed by atoms with van der Waals surface area (Å²) in [4.78, 5) is 81.4. The molecule has 4 rings (SSSR count). The number of anilines is 2. The van der Waals surface area contributed by atoms with Crippen molar-refractivity contribution in [1.82, 2.24) is 10.6 Å². The lowest BCUT2D eigenvalue weighted by Gasteiger charge is -2.29. The summed E-state index contributed by atoms with van der Waals surface area (Å²) in [6.45, 7) is 16.8. The second-order valence-corrected chi connectivity index (χ2v) is 22.8. The molecule has 2 unspecified atom stereocenters. The van der Waals surface area contributed by atoms with E-state index in [0.29, 0.717) is 42.6 Å². The van der Waals surface area contributed by atoms with E-state index in [1.807, 2.05) is 80.6 Å². The number of esters is 3. The predicted molar refractivity (Wildman–Crippen MR) is 242 cm³/mol. The van der Waals surface area contributed by atoms with Gasteiger partial charge in [0.15, 0.2) is 6.10 Å². The van der Waals surface area contributed by atoms with E-state index >= 15 is 0 Å². The van der Waals surface area contributed by atoms with E-state index in [0.717, 1.165) is 11.1 Å². The Bertz CT molecular complexity index is 2140. The van der Waals surface area contributed by atoms with Crippen molar-refractivity contribution in [3.63, 3.8) is 0 Å². The van der Waals surface area contributed by atoms with E-state index in [4.69, 9.17) is 14.2 Å². The average molecular weight is 864 g/mol. The SMILES string of the molecule is CCc1cc(CC(NC(C)=O)C(=O)NCCCCC(=O)OC(C)[Si](C)(C)C)ccc1N(C(=O)C(=O)OC(C)(C)C)c1ccccc1C(=O)OC(c1ccccc1)c1ccccc1. The summed E-state index contributed by atoms with van der Waals surface area (Å²) in [5, 5.41) is 5.62. The van der Waals surface area contributed by atoms with Crippen molar-refractivity contribution in [3.8, 4) is 0 Å². The van der Waals surface area contributed by atoms with Crippen molar-refractivity contribution >= 4 is 55.1 Å². The summed E-state index contributed by atoms with van der Waals surface area (Å²) >= 11 is 0. The first-order valence-electron chi connectivity index (χ1n) is 21.1. The highest BCUT2D eigenvalue weighted by molar-refractivity contribution is 6.77. The van der Waals surface area contributed by atoms with Gasteiger partial charge in [-0.25, -0.2) is 9.59 Å². The molecule has 0 saturated heterocycles. The first-order valence-corrected chi connectivity index (χ1v) is 24.7. The van der Waals surface area contributed by atoms with Gasteiger partial charge in [0, 0.05) is 26.3 Å². The number of nitrogens with one attached hydrogen (secondary N) is 2. The molecule has 2 atom stereocenters. The number of hydrogen-bond acceptors (Lipinski definition) is 9. The molecule has 4 aromatic rings. The third-order valence-corrected chi connectivity index (χ3v) is 12.7. The highest BCUT2D eigenvalue weighted by Crippen LogP contribution is 2.35. The zero-order valence-corrected chi connectivity index (χ0v) is 38.4. The molecule has 0 aliphatic carbocycles. The van der Waals surface area contributed by atoms with Crippen LogP contribution >= 0.6 is 0 Å². The molecule has 12 nitrogen and oxygen atoms in total. The normalized spacial score (nSPS) is 12.4. The highest BCUT2D eigenvalue weighted by Gasteiger charge is 2.34. The molecule has 4 aromatic carbocycles. The topological polar surface area (TPSA) is 157 Å². The highest BCUT2D eigenvalue weighted by atomic mass is 28.3. The molecule has 0 aliphatic heterocycles. The minimum absolute atomic E-state index is 0.0350.